The molecule has 0 amide bonds. The fourth-order valence-electron chi connectivity index (χ4n) is 2.24. The number of aromatic nitrogens is 4. The summed E-state index contributed by atoms with van der Waals surface area (Å²) in [5.41, 5.74) is 1.95. The Bertz CT molecular complexity index is 842. The van der Waals surface area contributed by atoms with E-state index in [0.717, 1.165) is 18.8 Å². The SMILES string of the molecule is NS(=O)(=O)NC[CH-][C@@H](O)[C@@H](O)[CH-]n1cnc2c(CN3CC3)ncnc21.[U+2]. The van der Waals surface area contributed by atoms with Crippen molar-refractivity contribution in [2.45, 2.75) is 18.8 Å². The molecule has 2 atom stereocenters. The third-order valence-electron chi connectivity index (χ3n) is 3.65. The van der Waals surface area contributed by atoms with E-state index in [4.69, 9.17) is 5.14 Å². The Hall–Kier alpha value is -0.778. The van der Waals surface area contributed by atoms with Gasteiger partial charge < -0.3 is 19.8 Å². The predicted octanol–water partition coefficient (Wildman–Crippen LogP) is -2.63. The molecule has 0 spiro atoms. The minimum atomic E-state index is -3.85. The van der Waals surface area contributed by atoms with Crippen molar-refractivity contribution in [2.75, 3.05) is 19.6 Å². The van der Waals surface area contributed by atoms with Crippen LogP contribution in [0, 0.1) is 44.1 Å². The number of aliphatic hydroxyl groups excluding tert-OH is 2. The average molecular weight is 607 g/mol. The van der Waals surface area contributed by atoms with Gasteiger partial charge in [0.2, 0.25) is 0 Å². The van der Waals surface area contributed by atoms with Crippen LogP contribution in [0.25, 0.3) is 11.2 Å². The number of imidazole rings is 1. The van der Waals surface area contributed by atoms with Crippen molar-refractivity contribution in [1.82, 2.24) is 29.1 Å². The largest absolute Gasteiger partial charge is 2.00 e. The minimum Gasteiger partial charge on any atom is -0.451 e. The predicted molar refractivity (Wildman–Crippen MR) is 87.7 cm³/mol. The molecule has 3 rings (SSSR count). The molecule has 0 unspecified atom stereocenters. The molecule has 140 valence electrons. The fourth-order valence-corrected chi connectivity index (χ4v) is 2.57. The Morgan fingerprint density at radius 2 is 2.00 bits per heavy atom. The Morgan fingerprint density at radius 1 is 1.27 bits per heavy atom. The van der Waals surface area contributed by atoms with Crippen LogP contribution in [0.1, 0.15) is 5.69 Å². The van der Waals surface area contributed by atoms with Gasteiger partial charge in [0.25, 0.3) is 10.2 Å². The first-order valence-corrected chi connectivity index (χ1v) is 9.09. The molecule has 1 saturated heterocycles. The molecule has 2 aromatic rings. The van der Waals surface area contributed by atoms with Crippen LogP contribution in [-0.2, 0) is 16.8 Å². The number of nitrogens with two attached hydrogens (primary N) is 1. The van der Waals surface area contributed by atoms with Crippen molar-refractivity contribution in [3.05, 3.63) is 31.3 Å². The quantitative estimate of drug-likeness (QED) is 0.178. The molecule has 0 radical (unpaired) electrons. The topological polar surface area (TPSA) is 159 Å². The fraction of sp³-hybridized carbons (Fsp3) is 0.462. The van der Waals surface area contributed by atoms with E-state index in [-0.39, 0.29) is 37.7 Å². The molecule has 0 aromatic carbocycles. The standard InChI is InChI=1S/C13H19N7O4S.U/c14-25(23,24)18-2-1-10(21)11(22)6-20-8-17-12-9(5-19-3-4-19)15-7-16-13(12)20;/h1,6-8,10-11,18,21-22H,2-5H2,(H2,14,23,24);/q-2;+2/t10-,11+;/m1./s1. The number of fused-ring (bicyclic) bond motifs is 1. The second-order valence-electron chi connectivity index (χ2n) is 5.68. The molecule has 0 saturated carbocycles. The molecule has 3 heterocycles. The Labute approximate surface area is 174 Å². The molecule has 2 aromatic heterocycles. The number of hydrogen-bond acceptors (Lipinski definition) is 8. The summed E-state index contributed by atoms with van der Waals surface area (Å²) in [4.78, 5) is 14.9. The van der Waals surface area contributed by atoms with Crippen molar-refractivity contribution < 1.29 is 49.7 Å². The number of hydrogen-bond donors (Lipinski definition) is 4. The Kier molecular flexibility index (Phi) is 7.40. The van der Waals surface area contributed by atoms with Gasteiger partial charge in [0.1, 0.15) is 6.33 Å². The molecule has 0 aliphatic carbocycles. The van der Waals surface area contributed by atoms with Crippen LogP contribution in [0.5, 0.6) is 0 Å². The second-order valence-corrected chi connectivity index (χ2v) is 7.06. The van der Waals surface area contributed by atoms with Crippen molar-refractivity contribution in [2.24, 2.45) is 5.14 Å². The molecular formula is C13H19N7O4SU. The first-order valence-electron chi connectivity index (χ1n) is 7.54. The summed E-state index contributed by atoms with van der Waals surface area (Å²) in [5.74, 6) is 0. The molecule has 1 aliphatic heterocycles. The molecule has 1 aliphatic rings. The molecule has 5 N–H and O–H groups in total. The van der Waals surface area contributed by atoms with Gasteiger partial charge in [-0.05, 0) is 12.4 Å². The van der Waals surface area contributed by atoms with E-state index in [0.29, 0.717) is 17.7 Å². The first-order chi connectivity index (χ1) is 11.8. The molecule has 26 heavy (non-hydrogen) atoms. The van der Waals surface area contributed by atoms with E-state index in [9.17, 15) is 18.6 Å². The zero-order valence-electron chi connectivity index (χ0n) is 13.7. The van der Waals surface area contributed by atoms with Crippen LogP contribution >= 0.6 is 0 Å². The van der Waals surface area contributed by atoms with Crippen molar-refractivity contribution >= 4 is 21.4 Å². The van der Waals surface area contributed by atoms with E-state index in [1.807, 2.05) is 4.72 Å². The maximum absolute atomic E-state index is 10.8. The number of aliphatic hydroxyl groups is 2. The maximum atomic E-state index is 10.8. The number of rotatable bonds is 9. The summed E-state index contributed by atoms with van der Waals surface area (Å²) < 4.78 is 25.0. The molecule has 13 heteroatoms. The molecule has 0 bridgehead atoms. The zero-order valence-corrected chi connectivity index (χ0v) is 18.7. The van der Waals surface area contributed by atoms with Gasteiger partial charge in [0.15, 0.2) is 0 Å². The van der Waals surface area contributed by atoms with Gasteiger partial charge in [-0.1, -0.05) is 6.54 Å². The normalized spacial score (nSPS) is 16.9. The van der Waals surface area contributed by atoms with Gasteiger partial charge in [-0.3, -0.25) is 16.3 Å². The van der Waals surface area contributed by atoms with Gasteiger partial charge in [-0.15, -0.1) is 6.54 Å². The summed E-state index contributed by atoms with van der Waals surface area (Å²) in [6.07, 6.45) is 1.50. The van der Waals surface area contributed by atoms with Crippen LogP contribution in [0.15, 0.2) is 12.7 Å². The first kappa shape index (κ1) is 21.5. The van der Waals surface area contributed by atoms with Gasteiger partial charge in [0, 0.05) is 25.7 Å². The van der Waals surface area contributed by atoms with Gasteiger partial charge in [-0.25, -0.2) is 14.8 Å². The minimum absolute atomic E-state index is 0. The zero-order chi connectivity index (χ0) is 18.0. The maximum Gasteiger partial charge on any atom is 2.00 e. The van der Waals surface area contributed by atoms with Gasteiger partial charge >= 0.3 is 31.1 Å². The van der Waals surface area contributed by atoms with E-state index in [1.165, 1.54) is 30.2 Å². The Balaban J connectivity index is 0.00000243. The van der Waals surface area contributed by atoms with Crippen LogP contribution in [-0.4, -0.2) is 74.9 Å². The summed E-state index contributed by atoms with van der Waals surface area (Å²) in [6, 6.07) is 0. The summed E-state index contributed by atoms with van der Waals surface area (Å²) in [5, 5.41) is 24.7. The monoisotopic (exact) mass is 607 g/mol. The van der Waals surface area contributed by atoms with Crippen LogP contribution in [0.4, 0.5) is 0 Å². The van der Waals surface area contributed by atoms with Gasteiger partial charge in [-0.2, -0.15) is 8.42 Å². The molecular weight excluding hydrogens is 588 g/mol. The van der Waals surface area contributed by atoms with Crippen LogP contribution in [0.2, 0.25) is 0 Å². The van der Waals surface area contributed by atoms with E-state index >= 15 is 0 Å². The van der Waals surface area contributed by atoms with Crippen molar-refractivity contribution in [3.63, 3.8) is 0 Å². The molecule has 11 nitrogen and oxygen atoms in total. The van der Waals surface area contributed by atoms with E-state index in [2.05, 4.69) is 19.9 Å². The average Bonchev–Trinajstić information content (AvgIpc) is 3.26. The van der Waals surface area contributed by atoms with E-state index < -0.39 is 22.4 Å². The smallest absolute Gasteiger partial charge is 0.451 e. The van der Waals surface area contributed by atoms with E-state index in [1.54, 1.807) is 0 Å². The van der Waals surface area contributed by atoms with Crippen molar-refractivity contribution in [3.8, 4) is 0 Å². The summed E-state index contributed by atoms with van der Waals surface area (Å²) in [7, 11) is -3.85. The Morgan fingerprint density at radius 3 is 2.65 bits per heavy atom. The third-order valence-corrected chi connectivity index (χ3v) is 4.22. The summed E-state index contributed by atoms with van der Waals surface area (Å²) >= 11 is 0. The number of nitrogens with one attached hydrogen (secondary N) is 1. The second kappa shape index (κ2) is 8.94. The third kappa shape index (κ3) is 5.86. The van der Waals surface area contributed by atoms with Crippen molar-refractivity contribution in [1.29, 1.82) is 0 Å². The van der Waals surface area contributed by atoms with Crippen LogP contribution < -0.4 is 9.86 Å². The van der Waals surface area contributed by atoms with Crippen LogP contribution in [0.3, 0.4) is 0 Å². The number of nitrogens with zero attached hydrogens (tertiary/aromatic N) is 5. The summed E-state index contributed by atoms with van der Waals surface area (Å²) in [6.45, 7) is 3.88. The van der Waals surface area contributed by atoms with Gasteiger partial charge in [0.05, 0.1) is 16.9 Å². The molecule has 1 fully saturated rings.